The van der Waals surface area contributed by atoms with Gasteiger partial charge in [-0.05, 0) is 31.2 Å². The SMILES string of the molecule is Cc1ccc2cccc(S(=O)(=O)N3CCN(c4nc5ccccc5n4C)CC3)c2n1. The normalized spacial score (nSPS) is 15.9. The number of para-hydroxylation sites is 3. The van der Waals surface area contributed by atoms with E-state index in [1.807, 2.05) is 56.4 Å². The highest BCUT2D eigenvalue weighted by Gasteiger charge is 2.31. The van der Waals surface area contributed by atoms with Gasteiger partial charge < -0.3 is 9.47 Å². The number of nitrogens with zero attached hydrogens (tertiary/aromatic N) is 5. The van der Waals surface area contributed by atoms with Gasteiger partial charge in [-0.15, -0.1) is 0 Å². The van der Waals surface area contributed by atoms with Gasteiger partial charge in [0.05, 0.1) is 16.6 Å². The van der Waals surface area contributed by atoms with Crippen LogP contribution < -0.4 is 4.90 Å². The number of pyridine rings is 1. The van der Waals surface area contributed by atoms with Crippen LogP contribution in [0.1, 0.15) is 5.69 Å². The lowest BCUT2D eigenvalue weighted by Gasteiger charge is -2.34. The highest BCUT2D eigenvalue weighted by atomic mass is 32.2. The van der Waals surface area contributed by atoms with Gasteiger partial charge in [0.1, 0.15) is 4.90 Å². The van der Waals surface area contributed by atoms with Gasteiger partial charge in [-0.1, -0.05) is 30.3 Å². The van der Waals surface area contributed by atoms with Crippen molar-refractivity contribution in [3.63, 3.8) is 0 Å². The van der Waals surface area contributed by atoms with Crippen LogP contribution in [0.5, 0.6) is 0 Å². The molecule has 4 aromatic rings. The first-order valence-electron chi connectivity index (χ1n) is 9.98. The number of rotatable bonds is 3. The summed E-state index contributed by atoms with van der Waals surface area (Å²) in [5.74, 6) is 0.871. The van der Waals surface area contributed by atoms with Crippen molar-refractivity contribution < 1.29 is 8.42 Å². The number of piperazine rings is 1. The molecule has 0 radical (unpaired) electrons. The maximum absolute atomic E-state index is 13.4. The summed E-state index contributed by atoms with van der Waals surface area (Å²) in [5, 5.41) is 0.833. The van der Waals surface area contributed by atoms with E-state index in [0.29, 0.717) is 31.7 Å². The minimum Gasteiger partial charge on any atom is -0.340 e. The van der Waals surface area contributed by atoms with Crippen LogP contribution in [-0.4, -0.2) is 53.4 Å². The van der Waals surface area contributed by atoms with Crippen LogP contribution in [0.25, 0.3) is 21.9 Å². The summed E-state index contributed by atoms with van der Waals surface area (Å²) in [5.41, 5.74) is 3.36. The lowest BCUT2D eigenvalue weighted by Crippen LogP contribution is -2.49. The van der Waals surface area contributed by atoms with Gasteiger partial charge in [0, 0.05) is 44.3 Å². The molecule has 0 saturated carbocycles. The fourth-order valence-electron chi connectivity index (χ4n) is 4.11. The molecule has 30 heavy (non-hydrogen) atoms. The van der Waals surface area contributed by atoms with Gasteiger partial charge in [-0.3, -0.25) is 4.98 Å². The molecular formula is C22H23N5O2S. The lowest BCUT2D eigenvalue weighted by atomic mass is 10.2. The number of anilines is 1. The van der Waals surface area contributed by atoms with Crippen molar-refractivity contribution in [3.05, 3.63) is 60.3 Å². The molecule has 2 aromatic heterocycles. The summed E-state index contributed by atoms with van der Waals surface area (Å²) in [6.45, 7) is 3.88. The minimum atomic E-state index is -3.63. The highest BCUT2D eigenvalue weighted by Crippen LogP contribution is 2.27. The van der Waals surface area contributed by atoms with Crippen LogP contribution in [-0.2, 0) is 17.1 Å². The van der Waals surface area contributed by atoms with Crippen molar-refractivity contribution in [2.24, 2.45) is 7.05 Å². The average Bonchev–Trinajstić information content (AvgIpc) is 3.10. The Morgan fingerprint density at radius 1 is 0.867 bits per heavy atom. The third kappa shape index (κ3) is 3.03. The smallest absolute Gasteiger partial charge is 0.245 e. The van der Waals surface area contributed by atoms with E-state index in [9.17, 15) is 8.42 Å². The van der Waals surface area contributed by atoms with Gasteiger partial charge in [0.15, 0.2) is 0 Å². The van der Waals surface area contributed by atoms with E-state index >= 15 is 0 Å². The molecule has 8 heteroatoms. The van der Waals surface area contributed by atoms with Crippen LogP contribution in [0.2, 0.25) is 0 Å². The van der Waals surface area contributed by atoms with Crippen molar-refractivity contribution >= 4 is 37.9 Å². The Morgan fingerprint density at radius 3 is 2.40 bits per heavy atom. The second-order valence-corrected chi connectivity index (χ2v) is 9.54. The fraction of sp³-hybridized carbons (Fsp3) is 0.273. The molecule has 0 atom stereocenters. The molecule has 1 aliphatic heterocycles. The fourth-order valence-corrected chi connectivity index (χ4v) is 5.69. The molecule has 1 saturated heterocycles. The van der Waals surface area contributed by atoms with Gasteiger partial charge in [0.25, 0.3) is 0 Å². The first-order chi connectivity index (χ1) is 14.4. The van der Waals surface area contributed by atoms with E-state index in [2.05, 4.69) is 14.5 Å². The topological polar surface area (TPSA) is 71.3 Å². The summed E-state index contributed by atoms with van der Waals surface area (Å²) in [4.78, 5) is 11.7. The summed E-state index contributed by atoms with van der Waals surface area (Å²) < 4.78 is 30.4. The molecule has 5 rings (SSSR count). The summed E-state index contributed by atoms with van der Waals surface area (Å²) in [6.07, 6.45) is 0. The average molecular weight is 422 g/mol. The van der Waals surface area contributed by atoms with Gasteiger partial charge in [-0.25, -0.2) is 13.4 Å². The van der Waals surface area contributed by atoms with Gasteiger partial charge >= 0.3 is 0 Å². The van der Waals surface area contributed by atoms with E-state index in [1.165, 1.54) is 0 Å². The first kappa shape index (κ1) is 19.0. The molecule has 7 nitrogen and oxygen atoms in total. The zero-order valence-corrected chi connectivity index (χ0v) is 17.8. The second-order valence-electron chi connectivity index (χ2n) is 7.63. The molecule has 0 unspecified atom stereocenters. The van der Waals surface area contributed by atoms with E-state index in [1.54, 1.807) is 16.4 Å². The monoisotopic (exact) mass is 421 g/mol. The largest absolute Gasteiger partial charge is 0.340 e. The summed E-state index contributed by atoms with van der Waals surface area (Å²) in [6, 6.07) is 17.2. The van der Waals surface area contributed by atoms with Gasteiger partial charge in [-0.2, -0.15) is 4.31 Å². The Hall–Kier alpha value is -2.97. The standard InChI is InChI=1S/C22H23N5O2S/c1-16-10-11-17-6-5-9-20(21(17)23-16)30(28,29)27-14-12-26(13-15-27)22-24-18-7-3-4-8-19(18)25(22)2/h3-11H,12-15H2,1-2H3. The van der Waals surface area contributed by atoms with Crippen LogP contribution in [0, 0.1) is 6.92 Å². The van der Waals surface area contributed by atoms with Crippen molar-refractivity contribution in [3.8, 4) is 0 Å². The molecular weight excluding hydrogens is 398 g/mol. The first-order valence-corrected chi connectivity index (χ1v) is 11.4. The molecule has 2 aromatic carbocycles. The maximum Gasteiger partial charge on any atom is 0.245 e. The molecule has 1 aliphatic rings. The number of hydrogen-bond acceptors (Lipinski definition) is 5. The third-order valence-electron chi connectivity index (χ3n) is 5.73. The Morgan fingerprint density at radius 2 is 1.63 bits per heavy atom. The van der Waals surface area contributed by atoms with Crippen molar-refractivity contribution in [1.29, 1.82) is 0 Å². The minimum absolute atomic E-state index is 0.278. The molecule has 0 spiro atoms. The number of sulfonamides is 1. The number of hydrogen-bond donors (Lipinski definition) is 0. The number of aryl methyl sites for hydroxylation is 2. The zero-order chi connectivity index (χ0) is 20.9. The Bertz CT molecular complexity index is 1350. The van der Waals surface area contributed by atoms with Gasteiger partial charge in [0.2, 0.25) is 16.0 Å². The number of imidazole rings is 1. The van der Waals surface area contributed by atoms with Crippen molar-refractivity contribution in [2.75, 3.05) is 31.1 Å². The molecule has 3 heterocycles. The zero-order valence-electron chi connectivity index (χ0n) is 17.0. The molecule has 0 aliphatic carbocycles. The van der Waals surface area contributed by atoms with E-state index in [0.717, 1.165) is 28.1 Å². The Kier molecular flexibility index (Phi) is 4.48. The van der Waals surface area contributed by atoms with E-state index in [4.69, 9.17) is 4.98 Å². The number of aromatic nitrogens is 3. The van der Waals surface area contributed by atoms with Crippen molar-refractivity contribution in [1.82, 2.24) is 18.8 Å². The maximum atomic E-state index is 13.4. The van der Waals surface area contributed by atoms with Crippen LogP contribution in [0.15, 0.2) is 59.5 Å². The lowest BCUT2D eigenvalue weighted by molar-refractivity contribution is 0.382. The predicted octanol–water partition coefficient (Wildman–Crippen LogP) is 2.94. The molecule has 1 fully saturated rings. The van der Waals surface area contributed by atoms with Crippen LogP contribution in [0.3, 0.4) is 0 Å². The second kappa shape index (κ2) is 7.07. The molecule has 154 valence electrons. The number of fused-ring (bicyclic) bond motifs is 2. The van der Waals surface area contributed by atoms with Crippen molar-refractivity contribution in [2.45, 2.75) is 11.8 Å². The number of benzene rings is 2. The highest BCUT2D eigenvalue weighted by molar-refractivity contribution is 7.89. The molecule has 0 N–H and O–H groups in total. The van der Waals surface area contributed by atoms with Crippen LogP contribution >= 0.6 is 0 Å². The van der Waals surface area contributed by atoms with E-state index < -0.39 is 10.0 Å². The Balaban J connectivity index is 1.42. The quantitative estimate of drug-likeness (QED) is 0.509. The molecule has 0 bridgehead atoms. The predicted molar refractivity (Wildman–Crippen MR) is 118 cm³/mol. The Labute approximate surface area is 175 Å². The molecule has 0 amide bonds. The van der Waals surface area contributed by atoms with Crippen LogP contribution in [0.4, 0.5) is 5.95 Å². The third-order valence-corrected chi connectivity index (χ3v) is 7.66. The summed E-state index contributed by atoms with van der Waals surface area (Å²) in [7, 11) is -1.63. The summed E-state index contributed by atoms with van der Waals surface area (Å²) >= 11 is 0. The van der Waals surface area contributed by atoms with E-state index in [-0.39, 0.29) is 4.90 Å².